The molecule has 2 atom stereocenters. The molecule has 1 saturated carbocycles. The number of nitrogens with zero attached hydrogens (tertiary/aromatic N) is 4. The molecule has 0 saturated heterocycles. The van der Waals surface area contributed by atoms with Crippen LogP contribution in [-0.2, 0) is 24.8 Å². The predicted octanol–water partition coefficient (Wildman–Crippen LogP) is 12.2. The van der Waals surface area contributed by atoms with Crippen LogP contribution in [0.5, 0.6) is 11.5 Å². The topological polar surface area (TPSA) is 35.2 Å². The Morgan fingerprint density at radius 2 is 1.32 bits per heavy atom. The predicted molar refractivity (Wildman–Crippen MR) is 222 cm³/mol. The average molecular weight is 908 g/mol. The third-order valence-corrected chi connectivity index (χ3v) is 12.2. The van der Waals surface area contributed by atoms with Gasteiger partial charge in [-0.2, -0.15) is 0 Å². The van der Waals surface area contributed by atoms with E-state index in [4.69, 9.17) is 9.72 Å². The monoisotopic (exact) mass is 907 g/mol. The molecule has 10 rings (SSSR count). The second kappa shape index (κ2) is 13.8. The van der Waals surface area contributed by atoms with E-state index in [1.807, 2.05) is 18.3 Å². The number of para-hydroxylation sites is 3. The number of ether oxygens (including phenoxy) is 1. The molecule has 0 N–H and O–H groups in total. The van der Waals surface area contributed by atoms with Gasteiger partial charge in [-0.25, -0.2) is 0 Å². The van der Waals surface area contributed by atoms with Gasteiger partial charge in [-0.1, -0.05) is 20.8 Å². The number of anilines is 2. The number of hydrogen-bond donors (Lipinski definition) is 0. The van der Waals surface area contributed by atoms with Crippen LogP contribution in [0.1, 0.15) is 44.2 Å². The standard InChI is InChI=1S/C50H40N4O.Pt/c1-50(2,3)37-26-27-51-48(29-37)52-32-36-28-44(36)43-25-24-40(31-47(43)52)55-39-19-12-18-38(30-39)53-33-54(46-23-11-10-22-45(46)53)49-41(34-14-6-4-7-15-34)20-13-21-42(49)35-16-8-5-9-17-35;/h4-27,29,36,44H,28,32H2,1-3H3;/q-2;. The van der Waals surface area contributed by atoms with Crippen molar-refractivity contribution in [3.63, 3.8) is 0 Å². The van der Waals surface area contributed by atoms with Crippen molar-refractivity contribution in [3.05, 3.63) is 179 Å². The molecule has 0 radical (unpaired) electrons. The van der Waals surface area contributed by atoms with Gasteiger partial charge in [-0.3, -0.25) is 0 Å². The summed E-state index contributed by atoms with van der Waals surface area (Å²) in [5.41, 5.74) is 12.6. The molecule has 6 heteroatoms. The second-order valence-electron chi connectivity index (χ2n) is 15.8. The molecule has 2 unspecified atom stereocenters. The molecular formula is C50H40N4OPt-2. The van der Waals surface area contributed by atoms with Gasteiger partial charge >= 0.3 is 297 Å². The first kappa shape index (κ1) is 34.7. The first-order chi connectivity index (χ1) is 27.3. The fourth-order valence-electron chi connectivity index (χ4n) is 8.24. The Balaban J connectivity index is 1.07. The number of pyridine rings is 1. The zero-order chi connectivity index (χ0) is 38.0. The van der Waals surface area contributed by atoms with Crippen LogP contribution in [0.2, 0.25) is 0 Å². The van der Waals surface area contributed by atoms with Gasteiger partial charge in [0.1, 0.15) is 0 Å². The summed E-state index contributed by atoms with van der Waals surface area (Å²) in [6, 6.07) is 58.6. The number of hydrogen-bond acceptors (Lipinski definition) is 3. The van der Waals surface area contributed by atoms with Crippen LogP contribution in [0.3, 0.4) is 0 Å². The third kappa shape index (κ3) is 6.15. The van der Waals surface area contributed by atoms with Crippen LogP contribution in [-0.4, -0.2) is 20.7 Å². The van der Waals surface area contributed by atoms with Crippen molar-refractivity contribution < 1.29 is 24.1 Å². The number of imidazole rings is 1. The van der Waals surface area contributed by atoms with Gasteiger partial charge in [0.15, 0.2) is 0 Å². The summed E-state index contributed by atoms with van der Waals surface area (Å²) < 4.78 is 12.3. The number of fused-ring (bicyclic) bond motifs is 4. The van der Waals surface area contributed by atoms with E-state index in [1.165, 1.54) is 17.5 Å². The van der Waals surface area contributed by atoms with Crippen molar-refractivity contribution in [2.24, 2.45) is 5.92 Å². The zero-order valence-electron chi connectivity index (χ0n) is 31.5. The van der Waals surface area contributed by atoms with Crippen LogP contribution in [0.4, 0.5) is 11.5 Å². The minimum atomic E-state index is 0.0333. The quantitative estimate of drug-likeness (QED) is 0.150. The maximum atomic E-state index is 6.63. The zero-order valence-corrected chi connectivity index (χ0v) is 33.8. The van der Waals surface area contributed by atoms with Gasteiger partial charge in [-0.15, -0.1) is 0 Å². The van der Waals surface area contributed by atoms with Gasteiger partial charge in [0.05, 0.1) is 0 Å². The van der Waals surface area contributed by atoms with Gasteiger partial charge in [0.2, 0.25) is 0 Å². The maximum absolute atomic E-state index is 6.63. The van der Waals surface area contributed by atoms with Crippen LogP contribution < -0.4 is 9.64 Å². The Hall–Kier alpha value is -5.77. The normalized spacial score (nSPS) is 16.1. The summed E-state index contributed by atoms with van der Waals surface area (Å²) in [5, 5.41) is 0. The van der Waals surface area contributed by atoms with Crippen molar-refractivity contribution in [2.45, 2.75) is 38.5 Å². The molecule has 8 aromatic rings. The molecule has 6 aromatic carbocycles. The molecule has 0 spiro atoms. The van der Waals surface area contributed by atoms with E-state index in [9.17, 15) is 0 Å². The average Bonchev–Trinajstić information content (AvgIpc) is 3.96. The Bertz CT molecular complexity index is 2760. The molecule has 0 bridgehead atoms. The van der Waals surface area contributed by atoms with E-state index in [2.05, 4.69) is 200 Å². The fourth-order valence-corrected chi connectivity index (χ4v) is 9.31. The van der Waals surface area contributed by atoms with Gasteiger partial charge in [0, 0.05) is 6.20 Å². The molecule has 2 aromatic heterocycles. The van der Waals surface area contributed by atoms with Crippen LogP contribution >= 0.6 is 0 Å². The van der Waals surface area contributed by atoms with E-state index in [0.29, 0.717) is 23.3 Å². The van der Waals surface area contributed by atoms with Crippen molar-refractivity contribution in [1.82, 2.24) is 14.1 Å². The molecule has 3 heterocycles. The van der Waals surface area contributed by atoms with Crippen LogP contribution in [0.25, 0.3) is 44.7 Å². The number of aromatic nitrogens is 3. The van der Waals surface area contributed by atoms with E-state index < -0.39 is 0 Å². The first-order valence-electron chi connectivity index (χ1n) is 19.2. The summed E-state index contributed by atoms with van der Waals surface area (Å²) in [4.78, 5) is 7.19. The SMILES string of the molecule is CC(C)(C)c1ccnc(N2CC3CC3c3ccc(Oc4[c-]c(-n5[c](=[Pt])n(-c6c(-c7ccccc7)cccc6-c6ccccc6)c6ccccc65)ccc4)[c-]c32)c1. The van der Waals surface area contributed by atoms with Crippen molar-refractivity contribution in [1.29, 1.82) is 0 Å². The van der Waals surface area contributed by atoms with Crippen molar-refractivity contribution in [3.8, 4) is 45.1 Å². The van der Waals surface area contributed by atoms with E-state index in [-0.39, 0.29) is 5.41 Å². The number of rotatable bonds is 7. The summed E-state index contributed by atoms with van der Waals surface area (Å²) in [6.07, 6.45) is 3.15. The summed E-state index contributed by atoms with van der Waals surface area (Å²) >= 11 is 2.48. The summed E-state index contributed by atoms with van der Waals surface area (Å²) in [7, 11) is 0. The Morgan fingerprint density at radius 3 is 2.02 bits per heavy atom. The van der Waals surface area contributed by atoms with E-state index >= 15 is 0 Å². The molecule has 1 aliphatic carbocycles. The molecule has 0 amide bonds. The van der Waals surface area contributed by atoms with Crippen molar-refractivity contribution >= 4 is 22.5 Å². The minimum absolute atomic E-state index is 0.0333. The fraction of sp³-hybridized carbons (Fsp3) is 0.160. The van der Waals surface area contributed by atoms with Crippen LogP contribution in [0, 0.1) is 21.9 Å². The van der Waals surface area contributed by atoms with E-state index in [0.717, 1.165) is 66.5 Å². The van der Waals surface area contributed by atoms with Gasteiger partial charge < -0.3 is 0 Å². The molecule has 56 heavy (non-hydrogen) atoms. The molecular weight excluding hydrogens is 868 g/mol. The molecule has 5 nitrogen and oxygen atoms in total. The van der Waals surface area contributed by atoms with Crippen LogP contribution in [0.15, 0.2) is 152 Å². The molecule has 278 valence electrons. The van der Waals surface area contributed by atoms with Gasteiger partial charge in [0.25, 0.3) is 0 Å². The van der Waals surface area contributed by atoms with E-state index in [1.54, 1.807) is 0 Å². The Kier molecular flexibility index (Phi) is 8.52. The molecule has 1 aliphatic heterocycles. The Morgan fingerprint density at radius 1 is 0.679 bits per heavy atom. The second-order valence-corrected chi connectivity index (χ2v) is 16.8. The van der Waals surface area contributed by atoms with Gasteiger partial charge in [-0.05, 0) is 17.0 Å². The summed E-state index contributed by atoms with van der Waals surface area (Å²) in [6.45, 7) is 7.69. The summed E-state index contributed by atoms with van der Waals surface area (Å²) in [5.74, 6) is 3.50. The molecule has 2 aliphatic rings. The first-order valence-corrected chi connectivity index (χ1v) is 20.4. The number of benzene rings is 6. The molecule has 1 fully saturated rings. The third-order valence-electron chi connectivity index (χ3n) is 11.2. The van der Waals surface area contributed by atoms with Crippen molar-refractivity contribution in [2.75, 3.05) is 11.4 Å². The Labute approximate surface area is 338 Å².